The number of carbonyl (C=O) groups excluding carboxylic acids is 1. The van der Waals surface area contributed by atoms with Crippen LogP contribution in [0.5, 0.6) is 0 Å². The third-order valence-electron chi connectivity index (χ3n) is 4.21. The maximum absolute atomic E-state index is 12.8. The summed E-state index contributed by atoms with van der Waals surface area (Å²) in [7, 11) is 0. The van der Waals surface area contributed by atoms with E-state index in [1.807, 2.05) is 25.1 Å². The second-order valence-electron chi connectivity index (χ2n) is 5.54. The van der Waals surface area contributed by atoms with Gasteiger partial charge in [-0.2, -0.15) is 0 Å². The summed E-state index contributed by atoms with van der Waals surface area (Å²) >= 11 is 0. The number of carbonyl (C=O) groups is 1. The zero-order chi connectivity index (χ0) is 14.6. The lowest BCUT2D eigenvalue weighted by atomic mass is 9.63. The highest BCUT2D eigenvalue weighted by molar-refractivity contribution is 5.89. The molecule has 0 aromatic heterocycles. The van der Waals surface area contributed by atoms with Gasteiger partial charge in [0.1, 0.15) is 0 Å². The first kappa shape index (κ1) is 15.0. The molecule has 0 bridgehead atoms. The second-order valence-corrected chi connectivity index (χ2v) is 5.54. The molecule has 2 N–H and O–H groups in total. The first-order valence-electron chi connectivity index (χ1n) is 7.22. The Labute approximate surface area is 120 Å². The van der Waals surface area contributed by atoms with Crippen LogP contribution < -0.4 is 0 Å². The molecular formula is C16H23NO3. The lowest BCUT2D eigenvalue weighted by molar-refractivity contribution is -0.142. The molecule has 0 spiro atoms. The molecule has 2 rings (SSSR count). The topological polar surface area (TPSA) is 60.8 Å². The molecule has 20 heavy (non-hydrogen) atoms. The minimum Gasteiger partial charge on any atom is -0.395 e. The van der Waals surface area contributed by atoms with E-state index < -0.39 is 5.41 Å². The fourth-order valence-electron chi connectivity index (χ4n) is 2.96. The highest BCUT2D eigenvalue weighted by Crippen LogP contribution is 2.45. The molecule has 4 heteroatoms. The van der Waals surface area contributed by atoms with Crippen molar-refractivity contribution in [2.24, 2.45) is 0 Å². The number of rotatable bonds is 6. The minimum atomic E-state index is -0.448. The largest absolute Gasteiger partial charge is 0.395 e. The van der Waals surface area contributed by atoms with E-state index in [0.29, 0.717) is 0 Å². The lowest BCUT2D eigenvalue weighted by Crippen LogP contribution is -2.52. The first-order chi connectivity index (χ1) is 9.64. The molecule has 1 fully saturated rings. The summed E-state index contributed by atoms with van der Waals surface area (Å²) in [6, 6.07) is 8.10. The Kier molecular flexibility index (Phi) is 4.78. The minimum absolute atomic E-state index is 0.0393. The first-order valence-corrected chi connectivity index (χ1v) is 7.22. The normalized spacial score (nSPS) is 16.6. The summed E-state index contributed by atoms with van der Waals surface area (Å²) in [6.45, 7) is 2.45. The number of hydrogen-bond donors (Lipinski definition) is 2. The van der Waals surface area contributed by atoms with Crippen molar-refractivity contribution < 1.29 is 15.0 Å². The van der Waals surface area contributed by atoms with Crippen LogP contribution in [0.15, 0.2) is 24.3 Å². The Morgan fingerprint density at radius 1 is 1.25 bits per heavy atom. The maximum atomic E-state index is 12.8. The van der Waals surface area contributed by atoms with Crippen molar-refractivity contribution >= 4 is 5.91 Å². The number of nitrogens with zero attached hydrogens (tertiary/aromatic N) is 1. The molecule has 1 aliphatic rings. The Bertz CT molecular complexity index is 463. The molecule has 1 saturated carbocycles. The predicted octanol–water partition coefficient (Wildman–Crippen LogP) is 1.23. The molecule has 0 radical (unpaired) electrons. The van der Waals surface area contributed by atoms with Crippen molar-refractivity contribution in [1.29, 1.82) is 0 Å². The van der Waals surface area contributed by atoms with Crippen LogP contribution in [-0.2, 0) is 10.2 Å². The molecule has 0 unspecified atom stereocenters. The van der Waals surface area contributed by atoms with Crippen molar-refractivity contribution in [3.8, 4) is 0 Å². The molecule has 4 nitrogen and oxygen atoms in total. The van der Waals surface area contributed by atoms with Gasteiger partial charge in [0.25, 0.3) is 0 Å². The molecule has 0 atom stereocenters. The number of aliphatic hydroxyl groups is 2. The number of hydrogen-bond acceptors (Lipinski definition) is 3. The van der Waals surface area contributed by atoms with E-state index in [0.717, 1.165) is 30.4 Å². The number of amides is 1. The summed E-state index contributed by atoms with van der Waals surface area (Å²) in [4.78, 5) is 14.4. The van der Waals surface area contributed by atoms with Crippen molar-refractivity contribution in [2.75, 3.05) is 26.3 Å². The third-order valence-corrected chi connectivity index (χ3v) is 4.21. The maximum Gasteiger partial charge on any atom is 0.233 e. The van der Waals surface area contributed by atoms with Crippen LogP contribution in [0.25, 0.3) is 0 Å². The van der Waals surface area contributed by atoms with Crippen LogP contribution in [0.1, 0.15) is 30.4 Å². The standard InChI is InChI=1S/C16H23NO3/c1-13-4-2-5-14(12-13)16(6-3-7-16)15(20)17(8-10-18)9-11-19/h2,4-5,12,18-19H,3,6-11H2,1H3. The van der Waals surface area contributed by atoms with Crippen LogP contribution in [0.3, 0.4) is 0 Å². The van der Waals surface area contributed by atoms with Crippen molar-refractivity contribution in [3.63, 3.8) is 0 Å². The molecule has 1 aromatic rings. The van der Waals surface area contributed by atoms with Gasteiger partial charge in [-0.15, -0.1) is 0 Å². The van der Waals surface area contributed by atoms with Gasteiger partial charge < -0.3 is 15.1 Å². The van der Waals surface area contributed by atoms with Gasteiger partial charge in [0.05, 0.1) is 18.6 Å². The van der Waals surface area contributed by atoms with Gasteiger partial charge in [0.2, 0.25) is 5.91 Å². The van der Waals surface area contributed by atoms with Gasteiger partial charge in [-0.05, 0) is 25.3 Å². The molecule has 1 amide bonds. The van der Waals surface area contributed by atoms with Crippen LogP contribution >= 0.6 is 0 Å². The average molecular weight is 277 g/mol. The Morgan fingerprint density at radius 3 is 2.35 bits per heavy atom. The molecule has 110 valence electrons. The Morgan fingerprint density at radius 2 is 1.90 bits per heavy atom. The highest BCUT2D eigenvalue weighted by atomic mass is 16.3. The SMILES string of the molecule is Cc1cccc(C2(C(=O)N(CCO)CCO)CCC2)c1. The zero-order valence-electron chi connectivity index (χ0n) is 12.0. The van der Waals surface area contributed by atoms with Gasteiger partial charge in [-0.3, -0.25) is 4.79 Å². The summed E-state index contributed by atoms with van der Waals surface area (Å²) < 4.78 is 0. The molecule has 1 aliphatic carbocycles. The van der Waals surface area contributed by atoms with Crippen molar-refractivity contribution in [2.45, 2.75) is 31.6 Å². The summed E-state index contributed by atoms with van der Waals surface area (Å²) in [5, 5.41) is 18.2. The van der Waals surface area contributed by atoms with E-state index in [-0.39, 0.29) is 32.2 Å². The van der Waals surface area contributed by atoms with E-state index in [1.165, 1.54) is 0 Å². The molecule has 0 heterocycles. The number of aryl methyl sites for hydroxylation is 1. The van der Waals surface area contributed by atoms with Gasteiger partial charge >= 0.3 is 0 Å². The van der Waals surface area contributed by atoms with Gasteiger partial charge in [0, 0.05) is 13.1 Å². The van der Waals surface area contributed by atoms with Gasteiger partial charge in [-0.1, -0.05) is 36.2 Å². The zero-order valence-corrected chi connectivity index (χ0v) is 12.0. The molecular weight excluding hydrogens is 254 g/mol. The predicted molar refractivity (Wildman–Crippen MR) is 77.5 cm³/mol. The Hall–Kier alpha value is -1.39. The van der Waals surface area contributed by atoms with Crippen LogP contribution in [0, 0.1) is 6.92 Å². The summed E-state index contributed by atoms with van der Waals surface area (Å²) in [6.07, 6.45) is 2.75. The van der Waals surface area contributed by atoms with Crippen LogP contribution in [-0.4, -0.2) is 47.3 Å². The van der Waals surface area contributed by atoms with Crippen molar-refractivity contribution in [3.05, 3.63) is 35.4 Å². The molecule has 0 aliphatic heterocycles. The lowest BCUT2D eigenvalue weighted by Gasteiger charge is -2.44. The smallest absolute Gasteiger partial charge is 0.233 e. The van der Waals surface area contributed by atoms with E-state index in [9.17, 15) is 4.79 Å². The van der Waals surface area contributed by atoms with Crippen molar-refractivity contribution in [1.82, 2.24) is 4.90 Å². The molecule has 1 aromatic carbocycles. The van der Waals surface area contributed by atoms with E-state index >= 15 is 0 Å². The van der Waals surface area contributed by atoms with E-state index in [4.69, 9.17) is 10.2 Å². The highest BCUT2D eigenvalue weighted by Gasteiger charge is 2.47. The second kappa shape index (κ2) is 6.37. The summed E-state index contributed by atoms with van der Waals surface area (Å²) in [5.74, 6) is 0.0393. The number of aliphatic hydroxyl groups excluding tert-OH is 2. The van der Waals surface area contributed by atoms with Gasteiger partial charge in [0.15, 0.2) is 0 Å². The fourth-order valence-corrected chi connectivity index (χ4v) is 2.96. The summed E-state index contributed by atoms with van der Waals surface area (Å²) in [5.41, 5.74) is 1.77. The van der Waals surface area contributed by atoms with Crippen LogP contribution in [0.2, 0.25) is 0 Å². The van der Waals surface area contributed by atoms with Gasteiger partial charge in [-0.25, -0.2) is 0 Å². The number of benzene rings is 1. The molecule has 0 saturated heterocycles. The third kappa shape index (κ3) is 2.72. The quantitative estimate of drug-likeness (QED) is 0.822. The fraction of sp³-hybridized carbons (Fsp3) is 0.562. The van der Waals surface area contributed by atoms with Crippen LogP contribution in [0.4, 0.5) is 0 Å². The monoisotopic (exact) mass is 277 g/mol. The van der Waals surface area contributed by atoms with E-state index in [1.54, 1.807) is 4.90 Å². The van der Waals surface area contributed by atoms with E-state index in [2.05, 4.69) is 6.07 Å². The average Bonchev–Trinajstić information content (AvgIpc) is 2.37. The Balaban J connectivity index is 2.28.